The first-order valence-electron chi connectivity index (χ1n) is 7.32. The summed E-state index contributed by atoms with van der Waals surface area (Å²) in [7, 11) is 0. The molecule has 1 unspecified atom stereocenters. The molecular formula is C15H26N2O. The van der Waals surface area contributed by atoms with Crippen LogP contribution >= 0.6 is 0 Å². The summed E-state index contributed by atoms with van der Waals surface area (Å²) >= 11 is 0. The van der Waals surface area contributed by atoms with Gasteiger partial charge in [0.15, 0.2) is 0 Å². The van der Waals surface area contributed by atoms with Crippen LogP contribution in [-0.4, -0.2) is 21.5 Å². The molecule has 0 aromatic carbocycles. The summed E-state index contributed by atoms with van der Waals surface area (Å²) in [5.41, 5.74) is 1.12. The molecule has 3 heteroatoms. The Morgan fingerprint density at radius 1 is 1.44 bits per heavy atom. The molecule has 0 saturated heterocycles. The van der Waals surface area contributed by atoms with Crippen LogP contribution in [0.15, 0.2) is 12.3 Å². The van der Waals surface area contributed by atoms with Crippen molar-refractivity contribution in [2.45, 2.75) is 64.8 Å². The SMILES string of the molecule is CCCC(C)(CO)Cc1ccn(C2CCCC2)n1. The van der Waals surface area contributed by atoms with E-state index >= 15 is 0 Å². The fraction of sp³-hybridized carbons (Fsp3) is 0.800. The van der Waals surface area contributed by atoms with Gasteiger partial charge in [0.1, 0.15) is 0 Å². The predicted octanol–water partition coefficient (Wildman–Crippen LogP) is 3.34. The fourth-order valence-electron chi connectivity index (χ4n) is 3.11. The van der Waals surface area contributed by atoms with Crippen LogP contribution in [0.1, 0.15) is 64.1 Å². The molecule has 0 aliphatic heterocycles. The summed E-state index contributed by atoms with van der Waals surface area (Å²) in [4.78, 5) is 0. The average molecular weight is 250 g/mol. The Morgan fingerprint density at radius 3 is 2.78 bits per heavy atom. The van der Waals surface area contributed by atoms with E-state index in [-0.39, 0.29) is 12.0 Å². The van der Waals surface area contributed by atoms with E-state index < -0.39 is 0 Å². The van der Waals surface area contributed by atoms with Crippen molar-refractivity contribution >= 4 is 0 Å². The third-order valence-corrected chi connectivity index (χ3v) is 4.21. The molecular weight excluding hydrogens is 224 g/mol. The lowest BCUT2D eigenvalue weighted by Gasteiger charge is -2.25. The van der Waals surface area contributed by atoms with Crippen molar-refractivity contribution in [1.82, 2.24) is 9.78 Å². The average Bonchev–Trinajstić information content (AvgIpc) is 2.99. The Hall–Kier alpha value is -0.830. The number of hydrogen-bond acceptors (Lipinski definition) is 2. The van der Waals surface area contributed by atoms with Crippen molar-refractivity contribution in [3.8, 4) is 0 Å². The summed E-state index contributed by atoms with van der Waals surface area (Å²) in [6.45, 7) is 4.58. The van der Waals surface area contributed by atoms with E-state index in [2.05, 4.69) is 30.8 Å². The van der Waals surface area contributed by atoms with Crippen LogP contribution in [0.25, 0.3) is 0 Å². The van der Waals surface area contributed by atoms with Gasteiger partial charge in [0.2, 0.25) is 0 Å². The van der Waals surface area contributed by atoms with E-state index in [9.17, 15) is 5.11 Å². The van der Waals surface area contributed by atoms with Crippen molar-refractivity contribution in [2.24, 2.45) is 5.41 Å². The summed E-state index contributed by atoms with van der Waals surface area (Å²) in [5.74, 6) is 0. The highest BCUT2D eigenvalue weighted by Gasteiger charge is 2.25. The maximum atomic E-state index is 9.56. The number of rotatable bonds is 6. The van der Waals surface area contributed by atoms with Gasteiger partial charge in [-0.3, -0.25) is 4.68 Å². The third-order valence-electron chi connectivity index (χ3n) is 4.21. The van der Waals surface area contributed by atoms with Gasteiger partial charge in [-0.25, -0.2) is 0 Å². The highest BCUT2D eigenvalue weighted by molar-refractivity contribution is 5.03. The van der Waals surface area contributed by atoms with Gasteiger partial charge < -0.3 is 5.11 Å². The Labute approximate surface area is 110 Å². The molecule has 1 saturated carbocycles. The Kier molecular flexibility index (Phi) is 4.44. The van der Waals surface area contributed by atoms with E-state index in [1.807, 2.05) is 0 Å². The molecule has 1 aromatic rings. The van der Waals surface area contributed by atoms with E-state index in [0.29, 0.717) is 6.04 Å². The second-order valence-corrected chi connectivity index (χ2v) is 6.12. The molecule has 1 aliphatic rings. The van der Waals surface area contributed by atoms with Gasteiger partial charge in [-0.15, -0.1) is 0 Å². The van der Waals surface area contributed by atoms with Gasteiger partial charge in [-0.05, 0) is 37.2 Å². The first-order valence-corrected chi connectivity index (χ1v) is 7.32. The Bertz CT molecular complexity index is 368. The Morgan fingerprint density at radius 2 is 2.17 bits per heavy atom. The minimum atomic E-state index is -0.0103. The second kappa shape index (κ2) is 5.87. The molecule has 3 nitrogen and oxygen atoms in total. The monoisotopic (exact) mass is 250 g/mol. The van der Waals surface area contributed by atoms with Gasteiger partial charge in [0.05, 0.1) is 11.7 Å². The smallest absolute Gasteiger partial charge is 0.0631 e. The van der Waals surface area contributed by atoms with E-state index in [1.54, 1.807) is 0 Å². The second-order valence-electron chi connectivity index (χ2n) is 6.12. The third kappa shape index (κ3) is 3.14. The molecule has 1 fully saturated rings. The van der Waals surface area contributed by atoms with Crippen molar-refractivity contribution in [3.63, 3.8) is 0 Å². The van der Waals surface area contributed by atoms with Crippen molar-refractivity contribution in [1.29, 1.82) is 0 Å². The lowest BCUT2D eigenvalue weighted by molar-refractivity contribution is 0.130. The van der Waals surface area contributed by atoms with Crippen molar-refractivity contribution in [3.05, 3.63) is 18.0 Å². The number of hydrogen-bond donors (Lipinski definition) is 1. The van der Waals surface area contributed by atoms with Gasteiger partial charge in [-0.1, -0.05) is 33.1 Å². The number of aliphatic hydroxyl groups excluding tert-OH is 1. The molecule has 102 valence electrons. The van der Waals surface area contributed by atoms with E-state index in [1.165, 1.54) is 25.7 Å². The lowest BCUT2D eigenvalue weighted by Crippen LogP contribution is -2.24. The maximum absolute atomic E-state index is 9.56. The zero-order valence-electron chi connectivity index (χ0n) is 11.7. The molecule has 1 atom stereocenters. The highest BCUT2D eigenvalue weighted by atomic mass is 16.3. The maximum Gasteiger partial charge on any atom is 0.0631 e. The molecule has 18 heavy (non-hydrogen) atoms. The first kappa shape index (κ1) is 13.6. The minimum Gasteiger partial charge on any atom is -0.396 e. The molecule has 0 radical (unpaired) electrons. The minimum absolute atomic E-state index is 0.0103. The van der Waals surface area contributed by atoms with Crippen LogP contribution in [0, 0.1) is 5.41 Å². The molecule has 1 aromatic heterocycles. The van der Waals surface area contributed by atoms with Gasteiger partial charge in [0.25, 0.3) is 0 Å². The van der Waals surface area contributed by atoms with Crippen LogP contribution in [0.5, 0.6) is 0 Å². The van der Waals surface area contributed by atoms with E-state index in [0.717, 1.165) is 25.0 Å². The predicted molar refractivity (Wildman–Crippen MR) is 73.5 cm³/mol. The van der Waals surface area contributed by atoms with Crippen LogP contribution in [-0.2, 0) is 6.42 Å². The van der Waals surface area contributed by atoms with Crippen molar-refractivity contribution in [2.75, 3.05) is 6.61 Å². The van der Waals surface area contributed by atoms with E-state index in [4.69, 9.17) is 5.10 Å². The highest BCUT2D eigenvalue weighted by Crippen LogP contribution is 2.30. The summed E-state index contributed by atoms with van der Waals surface area (Å²) in [5, 5.41) is 14.3. The van der Waals surface area contributed by atoms with Crippen LogP contribution < -0.4 is 0 Å². The van der Waals surface area contributed by atoms with Crippen LogP contribution in [0.3, 0.4) is 0 Å². The fourth-order valence-corrected chi connectivity index (χ4v) is 3.11. The molecule has 0 spiro atoms. The lowest BCUT2D eigenvalue weighted by atomic mass is 9.82. The number of aromatic nitrogens is 2. The number of aliphatic hydroxyl groups is 1. The molecule has 1 heterocycles. The molecule has 2 rings (SSSR count). The first-order chi connectivity index (χ1) is 8.67. The van der Waals surface area contributed by atoms with Gasteiger partial charge in [0, 0.05) is 12.8 Å². The topological polar surface area (TPSA) is 38.0 Å². The Balaban J connectivity index is 2.00. The summed E-state index contributed by atoms with van der Waals surface area (Å²) < 4.78 is 2.14. The molecule has 0 bridgehead atoms. The molecule has 1 N–H and O–H groups in total. The molecule has 1 aliphatic carbocycles. The van der Waals surface area contributed by atoms with Crippen molar-refractivity contribution < 1.29 is 5.11 Å². The summed E-state index contributed by atoms with van der Waals surface area (Å²) in [6.07, 6.45) is 10.4. The zero-order valence-corrected chi connectivity index (χ0v) is 11.7. The normalized spacial score (nSPS) is 20.2. The van der Waals surface area contributed by atoms with Crippen LogP contribution in [0.4, 0.5) is 0 Å². The quantitative estimate of drug-likeness (QED) is 0.841. The summed E-state index contributed by atoms with van der Waals surface area (Å²) in [6, 6.07) is 2.74. The largest absolute Gasteiger partial charge is 0.396 e. The van der Waals surface area contributed by atoms with Crippen LogP contribution in [0.2, 0.25) is 0 Å². The zero-order chi connectivity index (χ0) is 13.0. The van der Waals surface area contributed by atoms with Gasteiger partial charge >= 0.3 is 0 Å². The standard InChI is InChI=1S/C15H26N2O/c1-3-9-15(2,12-18)11-13-8-10-17(16-13)14-6-4-5-7-14/h8,10,14,18H,3-7,9,11-12H2,1-2H3. The molecule has 0 amide bonds. The van der Waals surface area contributed by atoms with Gasteiger partial charge in [-0.2, -0.15) is 5.10 Å². The number of nitrogens with zero attached hydrogens (tertiary/aromatic N) is 2.